The van der Waals surface area contributed by atoms with Crippen molar-refractivity contribution in [2.45, 2.75) is 31.4 Å². The van der Waals surface area contributed by atoms with Crippen LogP contribution < -0.4 is 10.6 Å². The molecule has 3 N–H and O–H groups in total. The van der Waals surface area contributed by atoms with Crippen molar-refractivity contribution < 1.29 is 9.90 Å². The van der Waals surface area contributed by atoms with Crippen LogP contribution in [0.25, 0.3) is 0 Å². The fraction of sp³-hybridized carbons (Fsp3) is 0.367. The summed E-state index contributed by atoms with van der Waals surface area (Å²) < 4.78 is 0. The Hall–Kier alpha value is -2.77. The van der Waals surface area contributed by atoms with Crippen molar-refractivity contribution in [1.82, 2.24) is 9.80 Å². The SMILES string of the molecule is C[C@@](O)(CN1CCN(c2ccc(N)cc2Cl)[C@H](c2ccc(Cl)cc2)C1)c1cccc(C(=O)N2CCCC2)c1. The third-order valence-corrected chi connectivity index (χ3v) is 8.21. The van der Waals surface area contributed by atoms with Crippen molar-refractivity contribution in [3.05, 3.63) is 93.5 Å². The Kier molecular flexibility index (Phi) is 7.87. The lowest BCUT2D eigenvalue weighted by molar-refractivity contribution is 0.0102. The lowest BCUT2D eigenvalue weighted by Gasteiger charge is -2.45. The average Bonchev–Trinajstić information content (AvgIpc) is 3.44. The number of nitrogens with zero attached hydrogens (tertiary/aromatic N) is 3. The van der Waals surface area contributed by atoms with Gasteiger partial charge in [0.15, 0.2) is 0 Å². The maximum Gasteiger partial charge on any atom is 0.253 e. The Balaban J connectivity index is 1.37. The van der Waals surface area contributed by atoms with Gasteiger partial charge in [0.25, 0.3) is 5.91 Å². The molecule has 0 radical (unpaired) electrons. The highest BCUT2D eigenvalue weighted by Gasteiger charge is 2.34. The summed E-state index contributed by atoms with van der Waals surface area (Å²) in [6.45, 7) is 6.01. The maximum absolute atomic E-state index is 13.0. The van der Waals surface area contributed by atoms with E-state index in [4.69, 9.17) is 28.9 Å². The van der Waals surface area contributed by atoms with Gasteiger partial charge < -0.3 is 20.6 Å². The molecule has 8 heteroatoms. The van der Waals surface area contributed by atoms with E-state index in [2.05, 4.69) is 9.80 Å². The van der Waals surface area contributed by atoms with Crippen molar-refractivity contribution in [2.24, 2.45) is 0 Å². The van der Waals surface area contributed by atoms with Crippen LogP contribution in [0.5, 0.6) is 0 Å². The number of hydrogen-bond acceptors (Lipinski definition) is 5. The second-order valence-corrected chi connectivity index (χ2v) is 11.4. The fourth-order valence-corrected chi connectivity index (χ4v) is 6.04. The number of hydrogen-bond donors (Lipinski definition) is 2. The summed E-state index contributed by atoms with van der Waals surface area (Å²) in [5.41, 5.74) is 8.87. The van der Waals surface area contributed by atoms with Gasteiger partial charge in [-0.3, -0.25) is 9.69 Å². The molecule has 0 aliphatic carbocycles. The molecule has 2 heterocycles. The van der Waals surface area contributed by atoms with Crippen molar-refractivity contribution in [3.8, 4) is 0 Å². The number of likely N-dealkylation sites (tertiary alicyclic amines) is 1. The number of nitrogens with two attached hydrogens (primary N) is 1. The molecule has 0 spiro atoms. The standard InChI is InChI=1S/C30H34Cl2N4O2/c1-30(38,23-6-4-5-22(17-23)29(37)35-13-2-3-14-35)20-34-15-16-36(27-12-11-25(33)18-26(27)32)28(19-34)21-7-9-24(31)10-8-21/h4-12,17-18,28,38H,2-3,13-16,19-20,33H2,1H3/t28-,30+/m0/s1. The Morgan fingerprint density at radius 1 is 1.00 bits per heavy atom. The molecule has 0 bridgehead atoms. The number of β-amino-alcohol motifs (C(OH)–C–C–N with tert-alkyl or cyclic N) is 1. The van der Waals surface area contributed by atoms with Crippen LogP contribution in [0.3, 0.4) is 0 Å². The van der Waals surface area contributed by atoms with Gasteiger partial charge in [-0.15, -0.1) is 0 Å². The fourth-order valence-electron chi connectivity index (χ4n) is 5.61. The monoisotopic (exact) mass is 552 g/mol. The number of benzene rings is 3. The average molecular weight is 554 g/mol. The van der Waals surface area contributed by atoms with Crippen molar-refractivity contribution in [2.75, 3.05) is 49.9 Å². The zero-order chi connectivity index (χ0) is 26.9. The van der Waals surface area contributed by atoms with Crippen LogP contribution in [0.2, 0.25) is 10.0 Å². The van der Waals surface area contributed by atoms with Gasteiger partial charge in [-0.1, -0.05) is 47.5 Å². The quantitative estimate of drug-likeness (QED) is 0.390. The summed E-state index contributed by atoms with van der Waals surface area (Å²) in [5, 5.41) is 12.9. The minimum atomic E-state index is -1.13. The van der Waals surface area contributed by atoms with Crippen LogP contribution in [0, 0.1) is 0 Å². The predicted octanol–water partition coefficient (Wildman–Crippen LogP) is 5.58. The summed E-state index contributed by atoms with van der Waals surface area (Å²) >= 11 is 12.8. The number of anilines is 2. The van der Waals surface area contributed by atoms with Gasteiger partial charge in [-0.05, 0) is 73.4 Å². The van der Waals surface area contributed by atoms with Crippen LogP contribution in [0.15, 0.2) is 66.7 Å². The molecular weight excluding hydrogens is 519 g/mol. The van der Waals surface area contributed by atoms with Gasteiger partial charge in [-0.25, -0.2) is 0 Å². The van der Waals surface area contributed by atoms with Crippen LogP contribution in [0.4, 0.5) is 11.4 Å². The van der Waals surface area contributed by atoms with Crippen molar-refractivity contribution >= 4 is 40.5 Å². The Labute approximate surface area is 234 Å². The third-order valence-electron chi connectivity index (χ3n) is 7.66. The minimum absolute atomic E-state index is 0.000944. The molecule has 5 rings (SSSR count). The molecular formula is C30H34Cl2N4O2. The van der Waals surface area contributed by atoms with Crippen LogP contribution in [-0.4, -0.2) is 60.1 Å². The van der Waals surface area contributed by atoms with E-state index in [1.54, 1.807) is 6.07 Å². The number of amides is 1. The van der Waals surface area contributed by atoms with Crippen LogP contribution >= 0.6 is 23.2 Å². The van der Waals surface area contributed by atoms with Gasteiger partial charge >= 0.3 is 0 Å². The molecule has 2 atom stereocenters. The largest absolute Gasteiger partial charge is 0.399 e. The summed E-state index contributed by atoms with van der Waals surface area (Å²) in [7, 11) is 0. The number of nitrogen functional groups attached to an aromatic ring is 1. The van der Waals surface area contributed by atoms with Gasteiger partial charge in [0, 0.05) is 55.5 Å². The molecule has 2 saturated heterocycles. The second-order valence-electron chi connectivity index (χ2n) is 10.6. The highest BCUT2D eigenvalue weighted by atomic mass is 35.5. The molecule has 0 aromatic heterocycles. The molecule has 0 saturated carbocycles. The van der Waals surface area contributed by atoms with E-state index in [0.717, 1.165) is 55.8 Å². The topological polar surface area (TPSA) is 73.0 Å². The van der Waals surface area contributed by atoms with Crippen LogP contribution in [0.1, 0.15) is 47.3 Å². The highest BCUT2D eigenvalue weighted by molar-refractivity contribution is 6.33. The molecule has 2 aliphatic heterocycles. The van der Waals surface area contributed by atoms with E-state index in [1.165, 1.54) is 0 Å². The number of piperazine rings is 1. The zero-order valence-corrected chi connectivity index (χ0v) is 23.1. The molecule has 3 aromatic rings. The molecule has 0 unspecified atom stereocenters. The first-order valence-electron chi connectivity index (χ1n) is 13.1. The number of carbonyl (C=O) groups excluding carboxylic acids is 1. The molecule has 200 valence electrons. The van der Waals surface area contributed by atoms with E-state index in [1.807, 2.05) is 72.5 Å². The molecule has 6 nitrogen and oxygen atoms in total. The Morgan fingerprint density at radius 2 is 1.74 bits per heavy atom. The predicted molar refractivity (Wildman–Crippen MR) is 155 cm³/mol. The summed E-state index contributed by atoms with van der Waals surface area (Å²) in [4.78, 5) is 19.4. The second kappa shape index (κ2) is 11.1. The van der Waals surface area contributed by atoms with E-state index >= 15 is 0 Å². The summed E-state index contributed by atoms with van der Waals surface area (Å²) in [5.74, 6) is 0.0388. The minimum Gasteiger partial charge on any atom is -0.399 e. The maximum atomic E-state index is 13.0. The molecule has 2 aliphatic rings. The van der Waals surface area contributed by atoms with Gasteiger partial charge in [0.2, 0.25) is 0 Å². The number of rotatable bonds is 6. The Morgan fingerprint density at radius 3 is 2.45 bits per heavy atom. The zero-order valence-electron chi connectivity index (χ0n) is 21.6. The molecule has 3 aromatic carbocycles. The number of halogens is 2. The van der Waals surface area contributed by atoms with Crippen LogP contribution in [-0.2, 0) is 5.60 Å². The summed E-state index contributed by atoms with van der Waals surface area (Å²) in [6, 6.07) is 21.0. The van der Waals surface area contributed by atoms with E-state index in [-0.39, 0.29) is 11.9 Å². The van der Waals surface area contributed by atoms with Crippen molar-refractivity contribution in [1.29, 1.82) is 0 Å². The first kappa shape index (κ1) is 26.8. The highest BCUT2D eigenvalue weighted by Crippen LogP contribution is 2.37. The smallest absolute Gasteiger partial charge is 0.253 e. The van der Waals surface area contributed by atoms with E-state index in [0.29, 0.717) is 34.4 Å². The number of aliphatic hydroxyl groups is 1. The normalized spacial score (nSPS) is 19.9. The number of carbonyl (C=O) groups is 1. The third kappa shape index (κ3) is 5.79. The molecule has 2 fully saturated rings. The Bertz CT molecular complexity index is 1290. The molecule has 38 heavy (non-hydrogen) atoms. The van der Waals surface area contributed by atoms with Gasteiger partial charge in [-0.2, -0.15) is 0 Å². The lowest BCUT2D eigenvalue weighted by atomic mass is 9.92. The van der Waals surface area contributed by atoms with Gasteiger partial charge in [0.1, 0.15) is 0 Å². The van der Waals surface area contributed by atoms with E-state index in [9.17, 15) is 9.90 Å². The van der Waals surface area contributed by atoms with Gasteiger partial charge in [0.05, 0.1) is 22.4 Å². The molecule has 1 amide bonds. The first-order chi connectivity index (χ1) is 18.2. The summed E-state index contributed by atoms with van der Waals surface area (Å²) in [6.07, 6.45) is 2.09. The van der Waals surface area contributed by atoms with Crippen molar-refractivity contribution in [3.63, 3.8) is 0 Å². The van der Waals surface area contributed by atoms with E-state index < -0.39 is 5.60 Å². The lowest BCUT2D eigenvalue weighted by Crippen LogP contribution is -2.52. The first-order valence-corrected chi connectivity index (χ1v) is 13.9.